The van der Waals surface area contributed by atoms with Gasteiger partial charge in [-0.2, -0.15) is 13.2 Å². The summed E-state index contributed by atoms with van der Waals surface area (Å²) in [5, 5.41) is 6.82. The molecular formula is C22H29F3N2. The topological polar surface area (TPSA) is 24.1 Å². The van der Waals surface area contributed by atoms with Crippen molar-refractivity contribution in [2.24, 2.45) is 5.92 Å². The van der Waals surface area contributed by atoms with Gasteiger partial charge in [-0.05, 0) is 56.3 Å². The standard InChI is InChI=1S/C22H29F3N2/c1-3-7-19(22(23,24)25)9-6-13-27-21(16-18-11-14-26-15-12-18)20-10-5-4-8-17(20)2/h3-10,18,21,26-27H,1,11-16H2,2H3/b9-6-,19-7+. The highest BCUT2D eigenvalue weighted by molar-refractivity contribution is 5.30. The van der Waals surface area contributed by atoms with Crippen molar-refractivity contribution in [2.75, 3.05) is 19.6 Å². The normalized spacial score (nSPS) is 18.0. The van der Waals surface area contributed by atoms with Crippen LogP contribution in [0.1, 0.15) is 36.4 Å². The van der Waals surface area contributed by atoms with E-state index in [2.05, 4.69) is 36.3 Å². The van der Waals surface area contributed by atoms with Crippen LogP contribution < -0.4 is 10.6 Å². The van der Waals surface area contributed by atoms with E-state index in [0.717, 1.165) is 50.6 Å². The summed E-state index contributed by atoms with van der Waals surface area (Å²) >= 11 is 0. The molecular weight excluding hydrogens is 349 g/mol. The molecule has 1 unspecified atom stereocenters. The van der Waals surface area contributed by atoms with Crippen molar-refractivity contribution < 1.29 is 13.2 Å². The van der Waals surface area contributed by atoms with Gasteiger partial charge in [0.2, 0.25) is 0 Å². The molecule has 2 rings (SSSR count). The van der Waals surface area contributed by atoms with Gasteiger partial charge in [0.1, 0.15) is 0 Å². The Kier molecular flexibility index (Phi) is 8.32. The van der Waals surface area contributed by atoms with Gasteiger partial charge in [0.25, 0.3) is 0 Å². The van der Waals surface area contributed by atoms with E-state index in [1.165, 1.54) is 17.2 Å². The van der Waals surface area contributed by atoms with Crippen molar-refractivity contribution in [2.45, 2.75) is 38.4 Å². The Balaban J connectivity index is 2.05. The first-order valence-electron chi connectivity index (χ1n) is 9.48. The number of alkyl halides is 3. The van der Waals surface area contributed by atoms with Crippen LogP contribution in [0.3, 0.4) is 0 Å². The maximum atomic E-state index is 12.9. The van der Waals surface area contributed by atoms with Crippen LogP contribution in [-0.4, -0.2) is 25.8 Å². The fraction of sp³-hybridized carbons (Fsp3) is 0.455. The Morgan fingerprint density at radius 3 is 2.63 bits per heavy atom. The van der Waals surface area contributed by atoms with Crippen LogP contribution in [0.2, 0.25) is 0 Å². The molecule has 1 aromatic rings. The number of benzene rings is 1. The fourth-order valence-corrected chi connectivity index (χ4v) is 3.52. The predicted octanol–water partition coefficient (Wildman–Crippen LogP) is 5.25. The highest BCUT2D eigenvalue weighted by Gasteiger charge is 2.31. The van der Waals surface area contributed by atoms with E-state index >= 15 is 0 Å². The molecule has 1 saturated heterocycles. The summed E-state index contributed by atoms with van der Waals surface area (Å²) in [6.45, 7) is 7.89. The molecule has 2 nitrogen and oxygen atoms in total. The van der Waals surface area contributed by atoms with Crippen molar-refractivity contribution in [3.05, 3.63) is 71.8 Å². The molecule has 0 radical (unpaired) electrons. The van der Waals surface area contributed by atoms with E-state index < -0.39 is 11.7 Å². The molecule has 27 heavy (non-hydrogen) atoms. The number of hydrogen-bond acceptors (Lipinski definition) is 2. The molecule has 148 valence electrons. The minimum atomic E-state index is -4.37. The quantitative estimate of drug-likeness (QED) is 0.604. The maximum Gasteiger partial charge on any atom is 0.416 e. The number of halogens is 3. The third-order valence-electron chi connectivity index (χ3n) is 5.00. The number of hydrogen-bond donors (Lipinski definition) is 2. The molecule has 1 aromatic carbocycles. The monoisotopic (exact) mass is 378 g/mol. The maximum absolute atomic E-state index is 12.9. The summed E-state index contributed by atoms with van der Waals surface area (Å²) < 4.78 is 38.8. The van der Waals surface area contributed by atoms with E-state index in [1.54, 1.807) is 0 Å². The molecule has 2 N–H and O–H groups in total. The second-order valence-electron chi connectivity index (χ2n) is 7.00. The second-order valence-corrected chi connectivity index (χ2v) is 7.00. The Morgan fingerprint density at radius 2 is 2.00 bits per heavy atom. The van der Waals surface area contributed by atoms with Crippen molar-refractivity contribution in [3.63, 3.8) is 0 Å². The number of rotatable bonds is 8. The van der Waals surface area contributed by atoms with E-state index in [4.69, 9.17) is 0 Å². The molecule has 1 heterocycles. The third-order valence-corrected chi connectivity index (χ3v) is 5.00. The smallest absolute Gasteiger partial charge is 0.317 e. The number of piperidine rings is 1. The van der Waals surface area contributed by atoms with Gasteiger partial charge in [-0.3, -0.25) is 0 Å². The van der Waals surface area contributed by atoms with Gasteiger partial charge in [-0.15, -0.1) is 0 Å². The molecule has 1 aliphatic rings. The predicted molar refractivity (Wildman–Crippen MR) is 106 cm³/mol. The lowest BCUT2D eigenvalue weighted by Gasteiger charge is -2.28. The molecule has 0 aliphatic carbocycles. The average Bonchev–Trinajstić information content (AvgIpc) is 2.64. The zero-order chi connectivity index (χ0) is 19.7. The zero-order valence-corrected chi connectivity index (χ0v) is 15.9. The molecule has 0 bridgehead atoms. The van der Waals surface area contributed by atoms with Crippen molar-refractivity contribution in [1.29, 1.82) is 0 Å². The van der Waals surface area contributed by atoms with Gasteiger partial charge in [0.15, 0.2) is 0 Å². The highest BCUT2D eigenvalue weighted by atomic mass is 19.4. The average molecular weight is 378 g/mol. The van der Waals surface area contributed by atoms with E-state index in [9.17, 15) is 13.2 Å². The molecule has 0 saturated carbocycles. The Hall–Kier alpha value is -1.85. The zero-order valence-electron chi connectivity index (χ0n) is 15.9. The van der Waals surface area contributed by atoms with Gasteiger partial charge in [0.05, 0.1) is 5.57 Å². The molecule has 0 spiro atoms. The van der Waals surface area contributed by atoms with Crippen LogP contribution in [0.25, 0.3) is 0 Å². The van der Waals surface area contributed by atoms with Crippen LogP contribution in [0.5, 0.6) is 0 Å². The SMILES string of the molecule is C=C/C=C(\C=C/CNC(CC1CCNCC1)c1ccccc1C)C(F)(F)F. The summed E-state index contributed by atoms with van der Waals surface area (Å²) in [4.78, 5) is 0. The minimum absolute atomic E-state index is 0.136. The van der Waals surface area contributed by atoms with Crippen LogP contribution in [0.15, 0.2) is 60.7 Å². The second kappa shape index (κ2) is 10.5. The van der Waals surface area contributed by atoms with Crippen molar-refractivity contribution in [3.8, 4) is 0 Å². The molecule has 1 aliphatic heterocycles. The molecule has 1 atom stereocenters. The van der Waals surface area contributed by atoms with E-state index in [-0.39, 0.29) is 6.04 Å². The van der Waals surface area contributed by atoms with Crippen LogP contribution in [0.4, 0.5) is 13.2 Å². The Bertz CT molecular complexity index is 656. The van der Waals surface area contributed by atoms with Gasteiger partial charge < -0.3 is 10.6 Å². The highest BCUT2D eigenvalue weighted by Crippen LogP contribution is 2.29. The lowest BCUT2D eigenvalue weighted by Crippen LogP contribution is -2.31. The van der Waals surface area contributed by atoms with Crippen molar-refractivity contribution >= 4 is 0 Å². The van der Waals surface area contributed by atoms with Gasteiger partial charge in [0, 0.05) is 12.6 Å². The number of aryl methyl sites for hydroxylation is 1. The molecule has 1 fully saturated rings. The van der Waals surface area contributed by atoms with Gasteiger partial charge >= 0.3 is 6.18 Å². The largest absolute Gasteiger partial charge is 0.416 e. The summed E-state index contributed by atoms with van der Waals surface area (Å²) in [7, 11) is 0. The first kappa shape index (κ1) is 21.5. The van der Waals surface area contributed by atoms with Gasteiger partial charge in [-0.25, -0.2) is 0 Å². The molecule has 5 heteroatoms. The van der Waals surface area contributed by atoms with E-state index in [1.807, 2.05) is 12.1 Å². The first-order valence-corrected chi connectivity index (χ1v) is 9.48. The Labute approximate surface area is 160 Å². The lowest BCUT2D eigenvalue weighted by molar-refractivity contribution is -0.0881. The Morgan fingerprint density at radius 1 is 1.30 bits per heavy atom. The summed E-state index contributed by atoms with van der Waals surface area (Å²) in [6.07, 6.45) is 3.72. The first-order chi connectivity index (χ1) is 12.9. The summed E-state index contributed by atoms with van der Waals surface area (Å²) in [5.74, 6) is 0.624. The van der Waals surface area contributed by atoms with Gasteiger partial charge in [-0.1, -0.05) is 55.1 Å². The fourth-order valence-electron chi connectivity index (χ4n) is 3.52. The number of allylic oxidation sites excluding steroid dienone is 4. The van der Waals surface area contributed by atoms with Crippen LogP contribution in [0, 0.1) is 12.8 Å². The third kappa shape index (κ3) is 7.00. The minimum Gasteiger partial charge on any atom is -0.317 e. The van der Waals surface area contributed by atoms with E-state index in [0.29, 0.717) is 12.5 Å². The summed E-state index contributed by atoms with van der Waals surface area (Å²) in [6, 6.07) is 8.35. The molecule has 0 aromatic heterocycles. The molecule has 0 amide bonds. The lowest BCUT2D eigenvalue weighted by atomic mass is 9.87. The van der Waals surface area contributed by atoms with Crippen LogP contribution in [-0.2, 0) is 0 Å². The van der Waals surface area contributed by atoms with Crippen molar-refractivity contribution in [1.82, 2.24) is 10.6 Å². The van der Waals surface area contributed by atoms with Crippen LogP contribution >= 0.6 is 0 Å². The number of nitrogens with one attached hydrogen (secondary N) is 2. The summed E-state index contributed by atoms with van der Waals surface area (Å²) in [5.41, 5.74) is 1.74.